The molecule has 5 nitrogen and oxygen atoms in total. The van der Waals surface area contributed by atoms with Gasteiger partial charge in [0.15, 0.2) is 0 Å². The molecule has 2 aromatic rings. The summed E-state index contributed by atoms with van der Waals surface area (Å²) in [5, 5.41) is 8.64. The van der Waals surface area contributed by atoms with Gasteiger partial charge in [0.2, 0.25) is 0 Å². The van der Waals surface area contributed by atoms with Crippen LogP contribution in [0.2, 0.25) is 0 Å². The molecule has 0 aromatic heterocycles. The molecule has 0 saturated carbocycles. The minimum atomic E-state index is -0.202. The molecule has 1 unspecified atom stereocenters. The van der Waals surface area contributed by atoms with Gasteiger partial charge in [-0.25, -0.2) is 4.79 Å². The van der Waals surface area contributed by atoms with E-state index in [1.165, 1.54) is 0 Å². The molecule has 3 N–H and O–H groups in total. The Hall–Kier alpha value is -2.34. The summed E-state index contributed by atoms with van der Waals surface area (Å²) in [6.07, 6.45) is 0.806. The highest BCUT2D eigenvalue weighted by atomic mass is 79.9. The maximum Gasteiger partial charge on any atom is 0.315 e. The zero-order chi connectivity index (χ0) is 19.8. The predicted octanol–water partition coefficient (Wildman–Crippen LogP) is 4.54. The van der Waals surface area contributed by atoms with Crippen LogP contribution in [-0.4, -0.2) is 18.0 Å². The molecule has 3 amide bonds. The van der Waals surface area contributed by atoms with Crippen molar-refractivity contribution < 1.29 is 9.59 Å². The molecule has 0 aliphatic heterocycles. The van der Waals surface area contributed by atoms with E-state index in [9.17, 15) is 9.59 Å². The van der Waals surface area contributed by atoms with Crippen LogP contribution < -0.4 is 16.0 Å². The molecule has 0 spiro atoms. The molecular formula is C21H26BrN3O2. The summed E-state index contributed by atoms with van der Waals surface area (Å²) >= 11 is 3.43. The normalized spacial score (nSPS) is 11.7. The molecule has 0 saturated heterocycles. The highest BCUT2D eigenvalue weighted by molar-refractivity contribution is 9.10. The van der Waals surface area contributed by atoms with Gasteiger partial charge in [-0.3, -0.25) is 4.79 Å². The second-order valence-corrected chi connectivity index (χ2v) is 7.58. The van der Waals surface area contributed by atoms with Gasteiger partial charge in [0.25, 0.3) is 5.91 Å². The van der Waals surface area contributed by atoms with Crippen molar-refractivity contribution in [2.45, 2.75) is 45.8 Å². The number of benzene rings is 2. The van der Waals surface area contributed by atoms with E-state index in [4.69, 9.17) is 0 Å². The fourth-order valence-electron chi connectivity index (χ4n) is 2.63. The molecule has 0 aliphatic carbocycles. The van der Waals surface area contributed by atoms with Gasteiger partial charge in [-0.2, -0.15) is 0 Å². The lowest BCUT2D eigenvalue weighted by Crippen LogP contribution is -2.39. The second kappa shape index (κ2) is 10.1. The van der Waals surface area contributed by atoms with E-state index in [1.54, 1.807) is 12.1 Å². The van der Waals surface area contributed by atoms with Crippen LogP contribution in [0.1, 0.15) is 54.7 Å². The highest BCUT2D eigenvalue weighted by Gasteiger charge is 2.14. The average molecular weight is 432 g/mol. The molecule has 0 aliphatic rings. The number of carbonyl (C=O) groups is 2. The minimum absolute atomic E-state index is 0.0355. The van der Waals surface area contributed by atoms with Crippen molar-refractivity contribution in [2.24, 2.45) is 0 Å². The van der Waals surface area contributed by atoms with Gasteiger partial charge in [-0.05, 0) is 55.7 Å². The minimum Gasteiger partial charge on any atom is -0.345 e. The maximum atomic E-state index is 12.6. The van der Waals surface area contributed by atoms with Crippen molar-refractivity contribution in [1.82, 2.24) is 16.0 Å². The molecular weight excluding hydrogens is 406 g/mol. The Balaban J connectivity index is 1.94. The van der Waals surface area contributed by atoms with E-state index in [-0.39, 0.29) is 24.0 Å². The number of carbonyl (C=O) groups excluding carboxylic acids is 2. The number of rotatable bonds is 7. The molecule has 2 aromatic carbocycles. The largest absolute Gasteiger partial charge is 0.345 e. The van der Waals surface area contributed by atoms with Crippen molar-refractivity contribution >= 4 is 27.9 Å². The third-order valence-corrected chi connectivity index (χ3v) is 4.60. The van der Waals surface area contributed by atoms with Crippen molar-refractivity contribution in [1.29, 1.82) is 0 Å². The third kappa shape index (κ3) is 6.71. The smallest absolute Gasteiger partial charge is 0.315 e. The zero-order valence-electron chi connectivity index (χ0n) is 15.9. The monoisotopic (exact) mass is 431 g/mol. The van der Waals surface area contributed by atoms with Crippen molar-refractivity contribution in [2.75, 3.05) is 0 Å². The van der Waals surface area contributed by atoms with Gasteiger partial charge in [0.05, 0.1) is 6.04 Å². The first-order chi connectivity index (χ1) is 12.9. The number of hydrogen-bond acceptors (Lipinski definition) is 2. The first-order valence-corrected chi connectivity index (χ1v) is 9.88. The van der Waals surface area contributed by atoms with E-state index in [0.29, 0.717) is 12.1 Å². The summed E-state index contributed by atoms with van der Waals surface area (Å²) in [4.78, 5) is 24.2. The number of hydrogen-bond donors (Lipinski definition) is 3. The van der Waals surface area contributed by atoms with Gasteiger partial charge in [-0.15, -0.1) is 0 Å². The molecule has 27 heavy (non-hydrogen) atoms. The van der Waals surface area contributed by atoms with Crippen molar-refractivity contribution in [3.8, 4) is 0 Å². The summed E-state index contributed by atoms with van der Waals surface area (Å²) in [6.45, 7) is 6.27. The van der Waals surface area contributed by atoms with Crippen LogP contribution in [-0.2, 0) is 6.54 Å². The Labute approximate surface area is 169 Å². The first-order valence-electron chi connectivity index (χ1n) is 9.08. The Bertz CT molecular complexity index is 758. The molecule has 6 heteroatoms. The summed E-state index contributed by atoms with van der Waals surface area (Å²) < 4.78 is 1.01. The lowest BCUT2D eigenvalue weighted by molar-refractivity contribution is 0.0935. The fourth-order valence-corrected chi connectivity index (χ4v) is 2.89. The van der Waals surface area contributed by atoms with E-state index < -0.39 is 0 Å². The lowest BCUT2D eigenvalue weighted by atomic mass is 10.0. The van der Waals surface area contributed by atoms with Gasteiger partial charge in [0.1, 0.15) is 0 Å². The molecule has 0 fully saturated rings. The van der Waals surface area contributed by atoms with Crippen LogP contribution in [0.4, 0.5) is 4.79 Å². The standard InChI is InChI=1S/C21H26BrN3O2/c1-4-19(16-9-11-18(22)12-10-16)25-20(26)17-7-5-15(6-8-17)13-23-21(27)24-14(2)3/h5-12,14,19H,4,13H2,1-3H3,(H,25,26)(H2,23,24,27). The Morgan fingerprint density at radius 3 is 2.15 bits per heavy atom. The Morgan fingerprint density at radius 1 is 0.963 bits per heavy atom. The van der Waals surface area contributed by atoms with Crippen molar-refractivity contribution in [3.05, 3.63) is 69.7 Å². The SMILES string of the molecule is CCC(NC(=O)c1ccc(CNC(=O)NC(C)C)cc1)c1ccc(Br)cc1. The van der Waals surface area contributed by atoms with Crippen LogP contribution in [0.3, 0.4) is 0 Å². The van der Waals surface area contributed by atoms with Crippen LogP contribution in [0.5, 0.6) is 0 Å². The number of nitrogens with one attached hydrogen (secondary N) is 3. The van der Waals surface area contributed by atoms with Gasteiger partial charge < -0.3 is 16.0 Å². The quantitative estimate of drug-likeness (QED) is 0.602. The first kappa shape index (κ1) is 21.0. The number of amides is 3. The molecule has 0 bridgehead atoms. The molecule has 144 valence electrons. The Kier molecular flexibility index (Phi) is 7.85. The van der Waals surface area contributed by atoms with E-state index in [2.05, 4.69) is 31.9 Å². The van der Waals surface area contributed by atoms with Crippen LogP contribution in [0, 0.1) is 0 Å². The summed E-state index contributed by atoms with van der Waals surface area (Å²) in [5.41, 5.74) is 2.61. The van der Waals surface area contributed by atoms with E-state index in [0.717, 1.165) is 22.0 Å². The topological polar surface area (TPSA) is 70.2 Å². The molecule has 0 heterocycles. The van der Waals surface area contributed by atoms with Gasteiger partial charge in [-0.1, -0.05) is 47.1 Å². The van der Waals surface area contributed by atoms with Gasteiger partial charge in [0, 0.05) is 22.6 Å². The summed E-state index contributed by atoms with van der Waals surface area (Å²) in [5.74, 6) is -0.109. The molecule has 0 radical (unpaired) electrons. The summed E-state index contributed by atoms with van der Waals surface area (Å²) in [7, 11) is 0. The third-order valence-electron chi connectivity index (χ3n) is 4.07. The maximum absolute atomic E-state index is 12.6. The summed E-state index contributed by atoms with van der Waals surface area (Å²) in [6, 6.07) is 15.1. The van der Waals surface area contributed by atoms with E-state index >= 15 is 0 Å². The average Bonchev–Trinajstić information content (AvgIpc) is 2.65. The van der Waals surface area contributed by atoms with Crippen molar-refractivity contribution in [3.63, 3.8) is 0 Å². The number of halogens is 1. The number of urea groups is 1. The van der Waals surface area contributed by atoms with Gasteiger partial charge >= 0.3 is 6.03 Å². The predicted molar refractivity (Wildman–Crippen MR) is 112 cm³/mol. The van der Waals surface area contributed by atoms with E-state index in [1.807, 2.05) is 57.2 Å². The lowest BCUT2D eigenvalue weighted by Gasteiger charge is -2.18. The zero-order valence-corrected chi connectivity index (χ0v) is 17.5. The fraction of sp³-hybridized carbons (Fsp3) is 0.333. The van der Waals surface area contributed by atoms with Crippen LogP contribution >= 0.6 is 15.9 Å². The Morgan fingerprint density at radius 2 is 1.59 bits per heavy atom. The molecule has 2 rings (SSSR count). The van der Waals surface area contributed by atoms with Crippen LogP contribution in [0.15, 0.2) is 53.0 Å². The highest BCUT2D eigenvalue weighted by Crippen LogP contribution is 2.20. The van der Waals surface area contributed by atoms with Crippen LogP contribution in [0.25, 0.3) is 0 Å². The second-order valence-electron chi connectivity index (χ2n) is 6.66. The molecule has 1 atom stereocenters.